The number of nitrogens with zero attached hydrogens (tertiary/aromatic N) is 1. The van der Waals surface area contributed by atoms with Gasteiger partial charge in [0, 0.05) is 31.5 Å². The lowest BCUT2D eigenvalue weighted by atomic mass is 9.79. The van der Waals surface area contributed by atoms with E-state index in [0.29, 0.717) is 6.54 Å². The van der Waals surface area contributed by atoms with Crippen LogP contribution in [0.3, 0.4) is 0 Å². The monoisotopic (exact) mass is 278 g/mol. The number of aliphatic hydroxyl groups is 1. The Morgan fingerprint density at radius 1 is 1.33 bits per heavy atom. The lowest BCUT2D eigenvalue weighted by Crippen LogP contribution is -2.40. The number of sulfonamides is 1. The number of amides is 1. The summed E-state index contributed by atoms with van der Waals surface area (Å²) in [4.78, 5) is 13.5. The quantitative estimate of drug-likeness (QED) is 0.729. The second-order valence-corrected chi connectivity index (χ2v) is 7.66. The first kappa shape index (κ1) is 15.4. The van der Waals surface area contributed by atoms with Gasteiger partial charge in [0.1, 0.15) is 0 Å². The van der Waals surface area contributed by atoms with Crippen molar-refractivity contribution in [3.05, 3.63) is 0 Å². The Balaban J connectivity index is 2.51. The predicted molar refractivity (Wildman–Crippen MR) is 68.4 cm³/mol. The van der Waals surface area contributed by atoms with Gasteiger partial charge in [-0.1, -0.05) is 13.8 Å². The van der Waals surface area contributed by atoms with Crippen molar-refractivity contribution in [2.45, 2.75) is 32.8 Å². The van der Waals surface area contributed by atoms with Crippen LogP contribution in [0.25, 0.3) is 0 Å². The first-order valence-corrected chi connectivity index (χ1v) is 7.79. The van der Waals surface area contributed by atoms with Crippen molar-refractivity contribution in [3.63, 3.8) is 0 Å². The van der Waals surface area contributed by atoms with E-state index in [9.17, 15) is 18.3 Å². The predicted octanol–water partition coefficient (Wildman–Crippen LogP) is -0.455. The van der Waals surface area contributed by atoms with Gasteiger partial charge in [-0.2, -0.15) is 0 Å². The fourth-order valence-electron chi connectivity index (χ4n) is 1.97. The molecule has 1 rings (SSSR count). The minimum atomic E-state index is -3.26. The van der Waals surface area contributed by atoms with E-state index < -0.39 is 15.6 Å². The minimum Gasteiger partial charge on any atom is -0.388 e. The van der Waals surface area contributed by atoms with Crippen molar-refractivity contribution in [3.8, 4) is 0 Å². The molecule has 1 saturated heterocycles. The van der Waals surface area contributed by atoms with E-state index in [4.69, 9.17) is 0 Å². The molecular weight excluding hydrogens is 256 g/mol. The van der Waals surface area contributed by atoms with E-state index >= 15 is 0 Å². The SMILES string of the molecule is CC1(C)CN(C(=O)CCNS(C)(=O)=O)C[C@]1(C)O. The van der Waals surface area contributed by atoms with E-state index in [0.717, 1.165) is 6.26 Å². The van der Waals surface area contributed by atoms with E-state index in [-0.39, 0.29) is 30.8 Å². The largest absolute Gasteiger partial charge is 0.388 e. The maximum Gasteiger partial charge on any atom is 0.224 e. The summed E-state index contributed by atoms with van der Waals surface area (Å²) in [6.07, 6.45) is 1.17. The average Bonchev–Trinajstić information content (AvgIpc) is 2.33. The molecule has 2 N–H and O–H groups in total. The van der Waals surface area contributed by atoms with Crippen LogP contribution >= 0.6 is 0 Å². The molecule has 0 saturated carbocycles. The van der Waals surface area contributed by atoms with Crippen molar-refractivity contribution in [1.29, 1.82) is 0 Å². The maximum absolute atomic E-state index is 11.9. The van der Waals surface area contributed by atoms with Gasteiger partial charge in [0.25, 0.3) is 0 Å². The van der Waals surface area contributed by atoms with Crippen LogP contribution in [0.15, 0.2) is 0 Å². The van der Waals surface area contributed by atoms with Gasteiger partial charge < -0.3 is 10.0 Å². The van der Waals surface area contributed by atoms with Crippen molar-refractivity contribution >= 4 is 15.9 Å². The summed E-state index contributed by atoms with van der Waals surface area (Å²) < 4.78 is 24.0. The van der Waals surface area contributed by atoms with Gasteiger partial charge in [-0.25, -0.2) is 13.1 Å². The molecular formula is C11H22N2O4S. The molecule has 1 aliphatic heterocycles. The van der Waals surface area contributed by atoms with Crippen molar-refractivity contribution in [2.75, 3.05) is 25.9 Å². The zero-order valence-electron chi connectivity index (χ0n) is 11.4. The van der Waals surface area contributed by atoms with Gasteiger partial charge >= 0.3 is 0 Å². The van der Waals surface area contributed by atoms with Gasteiger partial charge in [-0.05, 0) is 6.92 Å². The Kier molecular flexibility index (Phi) is 4.10. The standard InChI is InChI=1S/C11H22N2O4S/c1-10(2)7-13(8-11(10,3)15)9(14)5-6-12-18(4,16)17/h12,15H,5-8H2,1-4H3/t11-/m0/s1. The van der Waals surface area contributed by atoms with Crippen LogP contribution in [-0.4, -0.2) is 55.8 Å². The van der Waals surface area contributed by atoms with Crippen molar-refractivity contribution in [2.24, 2.45) is 5.41 Å². The number of hydrogen-bond acceptors (Lipinski definition) is 4. The molecule has 0 bridgehead atoms. The second kappa shape index (κ2) is 4.79. The molecule has 0 radical (unpaired) electrons. The third-order valence-electron chi connectivity index (χ3n) is 3.60. The maximum atomic E-state index is 11.9. The average molecular weight is 278 g/mol. The Morgan fingerprint density at radius 3 is 2.28 bits per heavy atom. The molecule has 1 aliphatic rings. The number of carbonyl (C=O) groups is 1. The molecule has 1 heterocycles. The molecule has 0 aliphatic carbocycles. The van der Waals surface area contributed by atoms with Crippen molar-refractivity contribution < 1.29 is 18.3 Å². The summed E-state index contributed by atoms with van der Waals surface area (Å²) in [6, 6.07) is 0. The highest BCUT2D eigenvalue weighted by Crippen LogP contribution is 2.38. The summed E-state index contributed by atoms with van der Waals surface area (Å²) >= 11 is 0. The summed E-state index contributed by atoms with van der Waals surface area (Å²) in [5, 5.41) is 10.2. The molecule has 1 fully saturated rings. The summed E-state index contributed by atoms with van der Waals surface area (Å²) in [5.41, 5.74) is -1.26. The Labute approximate surface area is 108 Å². The van der Waals surface area contributed by atoms with Crippen molar-refractivity contribution in [1.82, 2.24) is 9.62 Å². The van der Waals surface area contributed by atoms with Gasteiger partial charge in [0.2, 0.25) is 15.9 Å². The minimum absolute atomic E-state index is 0.0940. The van der Waals surface area contributed by atoms with Crippen LogP contribution in [0.4, 0.5) is 0 Å². The summed E-state index contributed by atoms with van der Waals surface area (Å²) in [5.74, 6) is -0.142. The van der Waals surface area contributed by atoms with Gasteiger partial charge in [-0.15, -0.1) is 0 Å². The summed E-state index contributed by atoms with van der Waals surface area (Å²) in [6.45, 7) is 6.41. The third kappa shape index (κ3) is 3.66. The Morgan fingerprint density at radius 2 is 1.89 bits per heavy atom. The van der Waals surface area contributed by atoms with E-state index in [1.807, 2.05) is 13.8 Å². The molecule has 0 aromatic heterocycles. The molecule has 1 amide bonds. The van der Waals surface area contributed by atoms with E-state index in [2.05, 4.69) is 4.72 Å². The molecule has 106 valence electrons. The fourth-order valence-corrected chi connectivity index (χ4v) is 2.44. The highest BCUT2D eigenvalue weighted by molar-refractivity contribution is 7.88. The zero-order chi connectivity index (χ0) is 14.2. The third-order valence-corrected chi connectivity index (χ3v) is 4.33. The molecule has 18 heavy (non-hydrogen) atoms. The fraction of sp³-hybridized carbons (Fsp3) is 0.909. The number of β-amino-alcohol motifs (C(OH)–C–C–N with tert-alkyl or cyclic N) is 1. The molecule has 1 atom stereocenters. The number of hydrogen-bond donors (Lipinski definition) is 2. The Bertz CT molecular complexity index is 412. The first-order chi connectivity index (χ1) is 7.95. The van der Waals surface area contributed by atoms with E-state index in [1.165, 1.54) is 0 Å². The highest BCUT2D eigenvalue weighted by atomic mass is 32.2. The number of likely N-dealkylation sites (tertiary alicyclic amines) is 1. The first-order valence-electron chi connectivity index (χ1n) is 5.89. The smallest absolute Gasteiger partial charge is 0.224 e. The molecule has 0 unspecified atom stereocenters. The zero-order valence-corrected chi connectivity index (χ0v) is 12.2. The Hall–Kier alpha value is -0.660. The van der Waals surface area contributed by atoms with Crippen LogP contribution < -0.4 is 4.72 Å². The second-order valence-electron chi connectivity index (χ2n) is 5.82. The van der Waals surface area contributed by atoms with Crippen LogP contribution in [0.1, 0.15) is 27.2 Å². The van der Waals surface area contributed by atoms with Gasteiger partial charge in [0.15, 0.2) is 0 Å². The summed E-state index contributed by atoms with van der Waals surface area (Å²) in [7, 11) is -3.26. The number of carbonyl (C=O) groups excluding carboxylic acids is 1. The van der Waals surface area contributed by atoms with Crippen LogP contribution in [-0.2, 0) is 14.8 Å². The molecule has 0 aromatic carbocycles. The van der Waals surface area contributed by atoms with Crippen LogP contribution in [0.2, 0.25) is 0 Å². The van der Waals surface area contributed by atoms with Crippen LogP contribution in [0.5, 0.6) is 0 Å². The molecule has 0 spiro atoms. The lowest BCUT2D eigenvalue weighted by molar-refractivity contribution is -0.130. The molecule has 6 nitrogen and oxygen atoms in total. The topological polar surface area (TPSA) is 86.7 Å². The molecule has 0 aromatic rings. The number of nitrogens with one attached hydrogen (secondary N) is 1. The number of rotatable bonds is 4. The lowest BCUT2D eigenvalue weighted by Gasteiger charge is -2.30. The highest BCUT2D eigenvalue weighted by Gasteiger charge is 2.48. The normalized spacial score (nSPS) is 27.5. The van der Waals surface area contributed by atoms with Gasteiger partial charge in [0.05, 0.1) is 11.9 Å². The molecule has 7 heteroatoms. The van der Waals surface area contributed by atoms with Crippen LogP contribution in [0, 0.1) is 5.41 Å². The van der Waals surface area contributed by atoms with E-state index in [1.54, 1.807) is 11.8 Å². The van der Waals surface area contributed by atoms with Gasteiger partial charge in [-0.3, -0.25) is 4.79 Å².